The highest BCUT2D eigenvalue weighted by molar-refractivity contribution is 9.09. The number of nitro groups is 1. The van der Waals surface area contributed by atoms with Crippen molar-refractivity contribution in [3.05, 3.63) is 51.7 Å². The van der Waals surface area contributed by atoms with E-state index in [2.05, 4.69) is 31.4 Å². The zero-order chi connectivity index (χ0) is 14.8. The maximum Gasteiger partial charge on any atom is 0.335 e. The van der Waals surface area contributed by atoms with Gasteiger partial charge in [-0.1, -0.05) is 46.3 Å². The van der Waals surface area contributed by atoms with Crippen molar-refractivity contribution in [1.29, 1.82) is 0 Å². The van der Waals surface area contributed by atoms with Crippen LogP contribution >= 0.6 is 15.9 Å². The fourth-order valence-corrected chi connectivity index (χ4v) is 2.11. The molecular weight excluding hydrogens is 324 g/mol. The van der Waals surface area contributed by atoms with Crippen LogP contribution in [0.5, 0.6) is 0 Å². The molecule has 0 atom stereocenters. The van der Waals surface area contributed by atoms with Crippen molar-refractivity contribution in [2.24, 2.45) is 0 Å². The average molecular weight is 339 g/mol. The van der Waals surface area contributed by atoms with Crippen molar-refractivity contribution in [3.8, 4) is 0 Å². The van der Waals surface area contributed by atoms with Crippen LogP contribution in [-0.4, -0.2) is 15.1 Å². The van der Waals surface area contributed by atoms with E-state index < -0.39 is 9.25 Å². The third kappa shape index (κ3) is 3.16. The van der Waals surface area contributed by atoms with Gasteiger partial charge in [-0.05, 0) is 19.4 Å². The monoisotopic (exact) mass is 338 g/mol. The number of nitrogens with one attached hydrogen (secondary N) is 2. The van der Waals surface area contributed by atoms with Gasteiger partial charge in [-0.2, -0.15) is 5.10 Å². The Kier molecular flexibility index (Phi) is 4.08. The summed E-state index contributed by atoms with van der Waals surface area (Å²) in [5.41, 5.74) is 1.39. The molecule has 1 aromatic heterocycles. The fraction of sp³-hybridized carbons (Fsp3) is 0.308. The van der Waals surface area contributed by atoms with E-state index in [1.807, 2.05) is 44.2 Å². The van der Waals surface area contributed by atoms with Gasteiger partial charge in [0.2, 0.25) is 5.82 Å². The highest BCUT2D eigenvalue weighted by Gasteiger charge is 2.33. The molecule has 7 heteroatoms. The van der Waals surface area contributed by atoms with Gasteiger partial charge >= 0.3 is 5.69 Å². The summed E-state index contributed by atoms with van der Waals surface area (Å²) in [5.74, 6) is 0.321. The molecule has 0 saturated carbocycles. The molecule has 1 aromatic carbocycles. The number of hydrogen-bond acceptors (Lipinski definition) is 4. The Morgan fingerprint density at radius 3 is 2.60 bits per heavy atom. The van der Waals surface area contributed by atoms with Crippen LogP contribution in [0.1, 0.15) is 25.1 Å². The SMILES string of the molecule is CC(C)(Br)c1n[nH]c(NCc2ccccc2)c1[N+](=O)[O-]. The highest BCUT2D eigenvalue weighted by Crippen LogP contribution is 2.38. The molecule has 0 spiro atoms. The maximum atomic E-state index is 11.2. The number of H-pyrrole nitrogens is 1. The second-order valence-electron chi connectivity index (χ2n) is 4.86. The summed E-state index contributed by atoms with van der Waals surface area (Å²) >= 11 is 3.40. The van der Waals surface area contributed by atoms with Gasteiger partial charge in [-0.25, -0.2) is 0 Å². The Morgan fingerprint density at radius 2 is 2.05 bits per heavy atom. The summed E-state index contributed by atoms with van der Waals surface area (Å²) in [6.45, 7) is 4.13. The van der Waals surface area contributed by atoms with Crippen molar-refractivity contribution in [3.63, 3.8) is 0 Å². The van der Waals surface area contributed by atoms with E-state index in [9.17, 15) is 10.1 Å². The van der Waals surface area contributed by atoms with Gasteiger partial charge in [0.05, 0.1) is 9.25 Å². The van der Waals surface area contributed by atoms with Crippen LogP contribution in [0.15, 0.2) is 30.3 Å². The first kappa shape index (κ1) is 14.5. The minimum Gasteiger partial charge on any atom is -0.361 e. The lowest BCUT2D eigenvalue weighted by atomic mass is 10.1. The predicted octanol–water partition coefficient (Wildman–Crippen LogP) is 3.56. The Bertz CT molecular complexity index is 605. The molecule has 0 saturated heterocycles. The lowest BCUT2D eigenvalue weighted by Gasteiger charge is -2.11. The van der Waals surface area contributed by atoms with Gasteiger partial charge in [0.1, 0.15) is 0 Å². The van der Waals surface area contributed by atoms with Gasteiger partial charge in [-0.15, -0.1) is 0 Å². The molecule has 0 unspecified atom stereocenters. The van der Waals surface area contributed by atoms with E-state index in [0.29, 0.717) is 18.1 Å². The number of anilines is 1. The number of rotatable bonds is 5. The minimum absolute atomic E-state index is 0.0252. The molecule has 0 aliphatic rings. The molecule has 1 heterocycles. The van der Waals surface area contributed by atoms with Gasteiger partial charge in [0.25, 0.3) is 0 Å². The fourth-order valence-electron chi connectivity index (χ4n) is 1.84. The van der Waals surface area contributed by atoms with E-state index in [4.69, 9.17) is 0 Å². The zero-order valence-electron chi connectivity index (χ0n) is 11.2. The first-order chi connectivity index (χ1) is 9.39. The largest absolute Gasteiger partial charge is 0.361 e. The van der Waals surface area contributed by atoms with E-state index in [-0.39, 0.29) is 5.69 Å². The third-order valence-electron chi connectivity index (χ3n) is 2.80. The summed E-state index contributed by atoms with van der Waals surface area (Å²) in [6, 6.07) is 9.67. The van der Waals surface area contributed by atoms with Crippen LogP contribution in [0.4, 0.5) is 11.5 Å². The van der Waals surface area contributed by atoms with Crippen LogP contribution in [-0.2, 0) is 10.9 Å². The van der Waals surface area contributed by atoms with Crippen LogP contribution in [0, 0.1) is 10.1 Å². The lowest BCUT2D eigenvalue weighted by molar-refractivity contribution is -0.384. The molecule has 0 aliphatic heterocycles. The summed E-state index contributed by atoms with van der Waals surface area (Å²) in [4.78, 5) is 10.8. The molecule has 106 valence electrons. The van der Waals surface area contributed by atoms with Gasteiger partial charge < -0.3 is 5.32 Å². The maximum absolute atomic E-state index is 11.2. The molecule has 2 aromatic rings. The van der Waals surface area contributed by atoms with Gasteiger partial charge in [0.15, 0.2) is 5.69 Å². The molecule has 0 bridgehead atoms. The summed E-state index contributed by atoms with van der Waals surface area (Å²) in [7, 11) is 0. The number of alkyl halides is 1. The Balaban J connectivity index is 2.24. The number of benzene rings is 1. The lowest BCUT2D eigenvalue weighted by Crippen LogP contribution is -2.10. The number of halogens is 1. The second-order valence-corrected chi connectivity index (χ2v) is 6.85. The molecular formula is C13H15BrN4O2. The normalized spacial score (nSPS) is 11.3. The van der Waals surface area contributed by atoms with Crippen LogP contribution < -0.4 is 5.32 Å². The number of nitrogens with zero attached hydrogens (tertiary/aromatic N) is 2. The molecule has 2 rings (SSSR count). The third-order valence-corrected chi connectivity index (χ3v) is 3.17. The highest BCUT2D eigenvalue weighted by atomic mass is 79.9. The topological polar surface area (TPSA) is 83.8 Å². The van der Waals surface area contributed by atoms with Crippen LogP contribution in [0.2, 0.25) is 0 Å². The molecule has 20 heavy (non-hydrogen) atoms. The average Bonchev–Trinajstić information content (AvgIpc) is 2.81. The summed E-state index contributed by atoms with van der Waals surface area (Å²) < 4.78 is -0.571. The van der Waals surface area contributed by atoms with E-state index in [1.165, 1.54) is 0 Å². The first-order valence-corrected chi connectivity index (χ1v) is 6.89. The predicted molar refractivity (Wildman–Crippen MR) is 81.0 cm³/mol. The van der Waals surface area contributed by atoms with Gasteiger partial charge in [0, 0.05) is 6.54 Å². The summed E-state index contributed by atoms with van der Waals surface area (Å²) in [5, 5.41) is 21.0. The molecule has 0 radical (unpaired) electrons. The Labute approximate surface area is 124 Å². The molecule has 0 amide bonds. The Morgan fingerprint density at radius 1 is 1.40 bits per heavy atom. The van der Waals surface area contributed by atoms with Crippen molar-refractivity contribution >= 4 is 27.4 Å². The molecule has 0 fully saturated rings. The second kappa shape index (κ2) is 5.62. The molecule has 2 N–H and O–H groups in total. The van der Waals surface area contributed by atoms with Crippen LogP contribution in [0.25, 0.3) is 0 Å². The number of aromatic amines is 1. The summed E-state index contributed by atoms with van der Waals surface area (Å²) in [6.07, 6.45) is 0. The van der Waals surface area contributed by atoms with E-state index >= 15 is 0 Å². The van der Waals surface area contributed by atoms with Crippen molar-refractivity contribution in [2.75, 3.05) is 5.32 Å². The minimum atomic E-state index is -0.571. The first-order valence-electron chi connectivity index (χ1n) is 6.09. The van der Waals surface area contributed by atoms with Crippen LogP contribution in [0.3, 0.4) is 0 Å². The standard InChI is InChI=1S/C13H15BrN4O2/c1-13(2,14)11-10(18(19)20)12(17-16-11)15-8-9-6-4-3-5-7-9/h3-7H,8H2,1-2H3,(H2,15,16,17). The molecule has 6 nitrogen and oxygen atoms in total. The van der Waals surface area contributed by atoms with E-state index in [0.717, 1.165) is 5.56 Å². The Hall–Kier alpha value is -1.89. The number of hydrogen-bond donors (Lipinski definition) is 2. The molecule has 0 aliphatic carbocycles. The number of aromatic nitrogens is 2. The quantitative estimate of drug-likeness (QED) is 0.496. The van der Waals surface area contributed by atoms with Crippen molar-refractivity contribution in [1.82, 2.24) is 10.2 Å². The van der Waals surface area contributed by atoms with Crippen molar-refractivity contribution in [2.45, 2.75) is 24.7 Å². The zero-order valence-corrected chi connectivity index (χ0v) is 12.8. The van der Waals surface area contributed by atoms with Crippen molar-refractivity contribution < 1.29 is 4.92 Å². The van der Waals surface area contributed by atoms with E-state index in [1.54, 1.807) is 0 Å². The smallest absolute Gasteiger partial charge is 0.335 e. The van der Waals surface area contributed by atoms with Gasteiger partial charge in [-0.3, -0.25) is 15.2 Å².